The minimum Gasteiger partial charge on any atom is -0.338 e. The maximum atomic E-state index is 8.94. The van der Waals surface area contributed by atoms with E-state index in [4.69, 9.17) is 33.4 Å². The Balaban J connectivity index is 1.76. The van der Waals surface area contributed by atoms with Crippen molar-refractivity contribution in [1.29, 1.82) is 5.26 Å². The molecular formula is C21H12Cl2N6. The van der Waals surface area contributed by atoms with E-state index < -0.39 is 0 Å². The first-order valence-electron chi connectivity index (χ1n) is 8.77. The van der Waals surface area contributed by atoms with Gasteiger partial charge < -0.3 is 10.3 Å². The summed E-state index contributed by atoms with van der Waals surface area (Å²) in [6.07, 6.45) is 5.44. The fourth-order valence-electron chi connectivity index (χ4n) is 3.46. The van der Waals surface area contributed by atoms with Gasteiger partial charge in [0.25, 0.3) is 0 Å². The zero-order chi connectivity index (χ0) is 20.0. The zero-order valence-electron chi connectivity index (χ0n) is 14.9. The Hall–Kier alpha value is -3.40. The quantitative estimate of drug-likeness (QED) is 0.387. The second-order valence-corrected chi connectivity index (χ2v) is 7.34. The summed E-state index contributed by atoms with van der Waals surface area (Å²) in [6, 6.07) is 11.3. The van der Waals surface area contributed by atoms with Crippen molar-refractivity contribution in [3.05, 3.63) is 64.5 Å². The second kappa shape index (κ2) is 6.89. The first-order valence-corrected chi connectivity index (χ1v) is 9.53. The summed E-state index contributed by atoms with van der Waals surface area (Å²) < 4.78 is 0. The van der Waals surface area contributed by atoms with Crippen LogP contribution in [-0.2, 0) is 6.42 Å². The molecule has 0 saturated carbocycles. The molecule has 2 N–H and O–H groups in total. The van der Waals surface area contributed by atoms with Crippen molar-refractivity contribution >= 4 is 34.7 Å². The molecule has 8 heteroatoms. The van der Waals surface area contributed by atoms with Gasteiger partial charge >= 0.3 is 0 Å². The van der Waals surface area contributed by atoms with Crippen molar-refractivity contribution in [3.63, 3.8) is 0 Å². The van der Waals surface area contributed by atoms with Gasteiger partial charge in [-0.3, -0.25) is 4.98 Å². The lowest BCUT2D eigenvalue weighted by Gasteiger charge is -2.09. The number of imidazole rings is 1. The monoisotopic (exact) mass is 418 g/mol. The van der Waals surface area contributed by atoms with Crippen molar-refractivity contribution in [1.82, 2.24) is 19.9 Å². The molecule has 0 radical (unpaired) electrons. The third-order valence-corrected chi connectivity index (χ3v) is 5.33. The highest BCUT2D eigenvalue weighted by atomic mass is 35.5. The molecule has 1 aliphatic heterocycles. The molecule has 0 amide bonds. The van der Waals surface area contributed by atoms with Crippen LogP contribution in [0.25, 0.3) is 33.9 Å². The normalized spacial score (nSPS) is 11.5. The number of benzene rings is 1. The van der Waals surface area contributed by atoms with E-state index in [1.54, 1.807) is 30.7 Å². The van der Waals surface area contributed by atoms with Crippen LogP contribution >= 0.6 is 23.2 Å². The third-order valence-electron chi connectivity index (χ3n) is 4.73. The summed E-state index contributed by atoms with van der Waals surface area (Å²) in [5, 5.41) is 13.1. The highest BCUT2D eigenvalue weighted by Crippen LogP contribution is 2.44. The number of hydrogen-bond acceptors (Lipinski definition) is 5. The van der Waals surface area contributed by atoms with E-state index in [1.165, 1.54) is 0 Å². The minimum atomic E-state index is 0.236. The van der Waals surface area contributed by atoms with Gasteiger partial charge in [-0.15, -0.1) is 0 Å². The van der Waals surface area contributed by atoms with Gasteiger partial charge in [-0.2, -0.15) is 5.26 Å². The number of H-pyrrole nitrogens is 1. The number of nitriles is 1. The average molecular weight is 419 g/mol. The van der Waals surface area contributed by atoms with Gasteiger partial charge in [0.05, 0.1) is 45.7 Å². The molecule has 0 fully saturated rings. The number of anilines is 2. The average Bonchev–Trinajstić information content (AvgIpc) is 3.08. The van der Waals surface area contributed by atoms with Crippen LogP contribution < -0.4 is 5.32 Å². The van der Waals surface area contributed by atoms with Gasteiger partial charge in [-0.1, -0.05) is 23.2 Å². The van der Waals surface area contributed by atoms with Crippen molar-refractivity contribution in [2.75, 3.05) is 5.32 Å². The van der Waals surface area contributed by atoms with E-state index in [1.807, 2.05) is 18.2 Å². The SMILES string of the molecule is N#CCc1cc(Cl)c(-c2nc3c([nH]2)-c2ccncc2Nc2ncccc2-3)c(Cl)c1. The van der Waals surface area contributed by atoms with Crippen LogP contribution in [0.4, 0.5) is 11.5 Å². The maximum Gasteiger partial charge on any atom is 0.141 e. The van der Waals surface area contributed by atoms with Gasteiger partial charge in [0.15, 0.2) is 0 Å². The lowest BCUT2D eigenvalue weighted by molar-refractivity contribution is 1.25. The minimum absolute atomic E-state index is 0.236. The number of halogens is 2. The predicted molar refractivity (Wildman–Crippen MR) is 113 cm³/mol. The summed E-state index contributed by atoms with van der Waals surface area (Å²) in [7, 11) is 0. The molecule has 6 nitrogen and oxygen atoms in total. The van der Waals surface area contributed by atoms with Crippen LogP contribution in [0.3, 0.4) is 0 Å². The molecule has 0 spiro atoms. The highest BCUT2D eigenvalue weighted by Gasteiger charge is 2.25. The Morgan fingerprint density at radius 3 is 2.69 bits per heavy atom. The summed E-state index contributed by atoms with van der Waals surface area (Å²) in [6.45, 7) is 0. The number of nitrogens with zero attached hydrogens (tertiary/aromatic N) is 4. The van der Waals surface area contributed by atoms with E-state index in [9.17, 15) is 0 Å². The van der Waals surface area contributed by atoms with Crippen LogP contribution in [0, 0.1) is 11.3 Å². The molecule has 3 aromatic heterocycles. The lowest BCUT2D eigenvalue weighted by atomic mass is 10.1. The Kier molecular flexibility index (Phi) is 4.20. The van der Waals surface area contributed by atoms with Crippen LogP contribution in [0.5, 0.6) is 0 Å². The van der Waals surface area contributed by atoms with Gasteiger partial charge in [0.1, 0.15) is 17.3 Å². The number of rotatable bonds is 2. The molecule has 0 saturated heterocycles. The van der Waals surface area contributed by atoms with Gasteiger partial charge in [0.2, 0.25) is 0 Å². The van der Waals surface area contributed by atoms with E-state index >= 15 is 0 Å². The smallest absolute Gasteiger partial charge is 0.141 e. The largest absolute Gasteiger partial charge is 0.338 e. The zero-order valence-corrected chi connectivity index (χ0v) is 16.4. The topological polar surface area (TPSA) is 90.3 Å². The van der Waals surface area contributed by atoms with Crippen molar-refractivity contribution in [2.24, 2.45) is 0 Å². The van der Waals surface area contributed by atoms with Crippen molar-refractivity contribution < 1.29 is 0 Å². The van der Waals surface area contributed by atoms with E-state index in [0.29, 0.717) is 27.3 Å². The first-order chi connectivity index (χ1) is 14.2. The summed E-state index contributed by atoms with van der Waals surface area (Å²) in [4.78, 5) is 16.9. The van der Waals surface area contributed by atoms with E-state index in [-0.39, 0.29) is 6.42 Å². The van der Waals surface area contributed by atoms with Gasteiger partial charge in [-0.25, -0.2) is 9.97 Å². The number of hydrogen-bond donors (Lipinski definition) is 2. The molecular weight excluding hydrogens is 407 g/mol. The molecule has 5 rings (SSSR count). The number of aromatic nitrogens is 4. The standard InChI is InChI=1S/C21H12Cl2N6/c22-14-8-11(3-5-24)9-15(23)17(14)21-28-18-12-4-7-25-10-16(12)27-20-13(19(18)29-21)2-1-6-26-20/h1-2,4,6-10H,3H2,(H,26,27)(H,28,29). The van der Waals surface area contributed by atoms with Gasteiger partial charge in [-0.05, 0) is 35.9 Å². The number of aromatic amines is 1. The predicted octanol–water partition coefficient (Wildman–Crippen LogP) is 5.63. The molecule has 0 aliphatic carbocycles. The fraction of sp³-hybridized carbons (Fsp3) is 0.0476. The summed E-state index contributed by atoms with van der Waals surface area (Å²) >= 11 is 13.0. The Morgan fingerprint density at radius 2 is 1.90 bits per heavy atom. The number of nitrogens with one attached hydrogen (secondary N) is 2. The molecule has 0 bridgehead atoms. The lowest BCUT2D eigenvalue weighted by Crippen LogP contribution is -1.96. The summed E-state index contributed by atoms with van der Waals surface area (Å²) in [5.41, 5.74) is 5.52. The third kappa shape index (κ3) is 2.92. The Labute approximate surface area is 176 Å². The highest BCUT2D eigenvalue weighted by molar-refractivity contribution is 6.39. The Bertz CT molecular complexity index is 1220. The van der Waals surface area contributed by atoms with E-state index in [0.717, 1.165) is 33.8 Å². The van der Waals surface area contributed by atoms with Crippen LogP contribution in [-0.4, -0.2) is 19.9 Å². The number of pyridine rings is 2. The molecule has 1 aromatic carbocycles. The molecule has 0 atom stereocenters. The summed E-state index contributed by atoms with van der Waals surface area (Å²) in [5.74, 6) is 1.24. The molecule has 4 aromatic rings. The number of fused-ring (bicyclic) bond motifs is 5. The van der Waals surface area contributed by atoms with Crippen LogP contribution in [0.2, 0.25) is 10.0 Å². The molecule has 4 heterocycles. The molecule has 140 valence electrons. The molecule has 1 aliphatic rings. The molecule has 0 unspecified atom stereocenters. The maximum absolute atomic E-state index is 8.94. The van der Waals surface area contributed by atoms with Gasteiger partial charge in [0, 0.05) is 23.5 Å². The first kappa shape index (κ1) is 17.7. The van der Waals surface area contributed by atoms with Crippen LogP contribution in [0.1, 0.15) is 5.56 Å². The van der Waals surface area contributed by atoms with E-state index in [2.05, 4.69) is 26.3 Å². The van der Waals surface area contributed by atoms with Crippen molar-refractivity contribution in [3.8, 4) is 40.0 Å². The second-order valence-electron chi connectivity index (χ2n) is 6.52. The fourth-order valence-corrected chi connectivity index (χ4v) is 4.17. The van der Waals surface area contributed by atoms with Crippen molar-refractivity contribution in [2.45, 2.75) is 6.42 Å². The molecule has 29 heavy (non-hydrogen) atoms. The Morgan fingerprint density at radius 1 is 1.07 bits per heavy atom. The van der Waals surface area contributed by atoms with Crippen LogP contribution in [0.15, 0.2) is 48.9 Å².